The van der Waals surface area contributed by atoms with Crippen LogP contribution in [0.4, 0.5) is 8.78 Å². The van der Waals surface area contributed by atoms with Crippen molar-refractivity contribution in [1.82, 2.24) is 25.2 Å². The van der Waals surface area contributed by atoms with Crippen molar-refractivity contribution in [2.75, 3.05) is 32.9 Å². The van der Waals surface area contributed by atoms with Crippen molar-refractivity contribution in [3.8, 4) is 5.88 Å². The van der Waals surface area contributed by atoms with Crippen LogP contribution in [0.1, 0.15) is 50.2 Å². The minimum Gasteiger partial charge on any atom is -0.475 e. The van der Waals surface area contributed by atoms with Gasteiger partial charge in [0.1, 0.15) is 12.3 Å². The number of alkyl halides is 2. The molecular weight excluding hydrogens is 424 g/mol. The van der Waals surface area contributed by atoms with E-state index < -0.39 is 5.67 Å². The molecular formula is C25H33F2N5O. The molecule has 0 saturated heterocycles. The van der Waals surface area contributed by atoms with Gasteiger partial charge >= 0.3 is 0 Å². The Hall–Kier alpha value is -2.58. The first-order chi connectivity index (χ1) is 15.9. The Morgan fingerprint density at radius 3 is 2.76 bits per heavy atom. The molecule has 1 aliphatic rings. The standard InChI is InChI=1S/C25H33F2N5O/c1-17-13-19-18-7-4-5-8-20(18)31-23(19)24(32(17)16-25(2,3)27)21-14-30-22(15-29-21)33-12-11-28-10-6-9-26/h4-5,7-8,14-15,17,24,28,31H,6,9-13,16H2,1-3H3/t17-,24+/m1/s1. The summed E-state index contributed by atoms with van der Waals surface area (Å²) in [6, 6.07) is 8.19. The highest BCUT2D eigenvalue weighted by Gasteiger charge is 2.39. The van der Waals surface area contributed by atoms with E-state index in [9.17, 15) is 8.78 Å². The number of rotatable bonds is 10. The second kappa shape index (κ2) is 10.1. The maximum Gasteiger partial charge on any atom is 0.232 e. The van der Waals surface area contributed by atoms with Gasteiger partial charge in [0.05, 0.1) is 30.8 Å². The number of halogens is 2. The smallest absolute Gasteiger partial charge is 0.232 e. The largest absolute Gasteiger partial charge is 0.475 e. The maximum atomic E-state index is 14.8. The molecule has 3 heterocycles. The zero-order valence-electron chi connectivity index (χ0n) is 19.6. The first kappa shape index (κ1) is 23.6. The van der Waals surface area contributed by atoms with Crippen molar-refractivity contribution in [2.45, 2.75) is 51.4 Å². The van der Waals surface area contributed by atoms with E-state index in [1.807, 2.05) is 12.1 Å². The summed E-state index contributed by atoms with van der Waals surface area (Å²) in [7, 11) is 0. The topological polar surface area (TPSA) is 66.1 Å². The van der Waals surface area contributed by atoms with E-state index in [0.717, 1.165) is 23.3 Å². The minimum atomic E-state index is -1.35. The zero-order valence-corrected chi connectivity index (χ0v) is 19.6. The third-order valence-corrected chi connectivity index (χ3v) is 6.02. The van der Waals surface area contributed by atoms with Gasteiger partial charge in [-0.3, -0.25) is 14.3 Å². The number of benzene rings is 1. The van der Waals surface area contributed by atoms with Crippen molar-refractivity contribution in [3.05, 3.63) is 53.6 Å². The summed E-state index contributed by atoms with van der Waals surface area (Å²) in [6.07, 6.45) is 4.69. The predicted molar refractivity (Wildman–Crippen MR) is 126 cm³/mol. The highest BCUT2D eigenvalue weighted by atomic mass is 19.1. The Labute approximate surface area is 193 Å². The van der Waals surface area contributed by atoms with Crippen LogP contribution in [0.5, 0.6) is 5.88 Å². The van der Waals surface area contributed by atoms with Crippen molar-refractivity contribution >= 4 is 10.9 Å². The average molecular weight is 458 g/mol. The molecule has 4 rings (SSSR count). The van der Waals surface area contributed by atoms with Gasteiger partial charge in [-0.25, -0.2) is 9.37 Å². The number of nitrogens with one attached hydrogen (secondary N) is 2. The highest BCUT2D eigenvalue weighted by Crippen LogP contribution is 2.41. The van der Waals surface area contributed by atoms with E-state index in [2.05, 4.69) is 44.2 Å². The molecule has 3 aromatic rings. The molecule has 0 fully saturated rings. The molecule has 2 N–H and O–H groups in total. The van der Waals surface area contributed by atoms with E-state index in [1.54, 1.807) is 26.2 Å². The lowest BCUT2D eigenvalue weighted by Gasteiger charge is -2.42. The van der Waals surface area contributed by atoms with Gasteiger partial charge in [0.15, 0.2) is 0 Å². The number of ether oxygens (including phenoxy) is 1. The van der Waals surface area contributed by atoms with Gasteiger partial charge in [-0.1, -0.05) is 18.2 Å². The Balaban J connectivity index is 1.59. The van der Waals surface area contributed by atoms with Gasteiger partial charge in [0, 0.05) is 35.7 Å². The molecule has 178 valence electrons. The number of hydrogen-bond acceptors (Lipinski definition) is 5. The number of H-pyrrole nitrogens is 1. The molecule has 6 nitrogen and oxygen atoms in total. The lowest BCUT2D eigenvalue weighted by molar-refractivity contribution is 0.0652. The first-order valence-corrected chi connectivity index (χ1v) is 11.6. The summed E-state index contributed by atoms with van der Waals surface area (Å²) in [5.41, 5.74) is 2.80. The van der Waals surface area contributed by atoms with Crippen LogP contribution in [0.15, 0.2) is 36.7 Å². The normalized spacial score (nSPS) is 19.1. The van der Waals surface area contributed by atoms with Gasteiger partial charge in [0.25, 0.3) is 0 Å². The number of hydrogen-bond donors (Lipinski definition) is 2. The molecule has 2 atom stereocenters. The Kier molecular flexibility index (Phi) is 7.24. The van der Waals surface area contributed by atoms with Crippen LogP contribution in [0.3, 0.4) is 0 Å². The quantitative estimate of drug-likeness (QED) is 0.443. The molecule has 0 bridgehead atoms. The lowest BCUT2D eigenvalue weighted by Crippen LogP contribution is -2.48. The molecule has 0 amide bonds. The molecule has 0 radical (unpaired) electrons. The third-order valence-electron chi connectivity index (χ3n) is 6.02. The van der Waals surface area contributed by atoms with Crippen LogP contribution >= 0.6 is 0 Å². The van der Waals surface area contributed by atoms with E-state index in [4.69, 9.17) is 4.74 Å². The van der Waals surface area contributed by atoms with Crippen LogP contribution < -0.4 is 10.1 Å². The summed E-state index contributed by atoms with van der Waals surface area (Å²) in [5, 5.41) is 4.32. The Morgan fingerprint density at radius 2 is 2.03 bits per heavy atom. The Morgan fingerprint density at radius 1 is 1.21 bits per heavy atom. The predicted octanol–water partition coefficient (Wildman–Crippen LogP) is 4.37. The van der Waals surface area contributed by atoms with E-state index in [-0.39, 0.29) is 25.3 Å². The number of nitrogens with zero attached hydrogens (tertiary/aromatic N) is 3. The van der Waals surface area contributed by atoms with Crippen LogP contribution in [0.25, 0.3) is 10.9 Å². The molecule has 33 heavy (non-hydrogen) atoms. The van der Waals surface area contributed by atoms with Gasteiger partial charge in [-0.2, -0.15) is 0 Å². The third kappa shape index (κ3) is 5.50. The molecule has 0 unspecified atom stereocenters. The highest BCUT2D eigenvalue weighted by molar-refractivity contribution is 5.85. The molecule has 8 heteroatoms. The number of fused-ring (bicyclic) bond motifs is 3. The van der Waals surface area contributed by atoms with Gasteiger partial charge in [-0.15, -0.1) is 0 Å². The second-order valence-corrected chi connectivity index (χ2v) is 9.33. The fraction of sp³-hybridized carbons (Fsp3) is 0.520. The summed E-state index contributed by atoms with van der Waals surface area (Å²) in [6.45, 7) is 7.00. The minimum absolute atomic E-state index is 0.143. The lowest BCUT2D eigenvalue weighted by atomic mass is 9.90. The maximum absolute atomic E-state index is 14.8. The fourth-order valence-corrected chi connectivity index (χ4v) is 4.59. The van der Waals surface area contributed by atoms with Crippen molar-refractivity contribution < 1.29 is 13.5 Å². The van der Waals surface area contributed by atoms with E-state index in [0.29, 0.717) is 32.0 Å². The number of aromatic nitrogens is 3. The number of aromatic amines is 1. The number of para-hydroxylation sites is 1. The summed E-state index contributed by atoms with van der Waals surface area (Å²) >= 11 is 0. The van der Waals surface area contributed by atoms with E-state index in [1.165, 1.54) is 10.9 Å². The summed E-state index contributed by atoms with van der Waals surface area (Å²) in [4.78, 5) is 14.9. The second-order valence-electron chi connectivity index (χ2n) is 9.33. The zero-order chi connectivity index (χ0) is 23.4. The molecule has 0 aliphatic carbocycles. The van der Waals surface area contributed by atoms with Gasteiger partial charge in [0.2, 0.25) is 5.88 Å². The molecule has 1 aliphatic heterocycles. The molecule has 0 spiro atoms. The molecule has 0 saturated carbocycles. The summed E-state index contributed by atoms with van der Waals surface area (Å²) in [5.74, 6) is 0.434. The Bertz CT molecular complexity index is 1050. The van der Waals surface area contributed by atoms with Crippen molar-refractivity contribution in [3.63, 3.8) is 0 Å². The van der Waals surface area contributed by atoms with Gasteiger partial charge < -0.3 is 15.0 Å². The van der Waals surface area contributed by atoms with Gasteiger partial charge in [-0.05, 0) is 51.8 Å². The van der Waals surface area contributed by atoms with Crippen LogP contribution in [-0.2, 0) is 6.42 Å². The van der Waals surface area contributed by atoms with Crippen LogP contribution in [0.2, 0.25) is 0 Å². The molecule has 1 aromatic carbocycles. The van der Waals surface area contributed by atoms with E-state index >= 15 is 0 Å². The van der Waals surface area contributed by atoms with Crippen LogP contribution in [-0.4, -0.2) is 64.5 Å². The SMILES string of the molecule is C[C@@H]1Cc2c([nH]c3ccccc23)[C@H](c2cnc(OCCNCCCF)cn2)N1CC(C)(C)F. The summed E-state index contributed by atoms with van der Waals surface area (Å²) < 4.78 is 32.6. The first-order valence-electron chi connectivity index (χ1n) is 11.6. The molecule has 2 aromatic heterocycles. The fourth-order valence-electron chi connectivity index (χ4n) is 4.59. The van der Waals surface area contributed by atoms with Crippen LogP contribution in [0, 0.1) is 0 Å². The average Bonchev–Trinajstić information content (AvgIpc) is 3.14. The van der Waals surface area contributed by atoms with Crippen molar-refractivity contribution in [2.24, 2.45) is 0 Å². The monoisotopic (exact) mass is 457 g/mol. The van der Waals surface area contributed by atoms with Crippen molar-refractivity contribution in [1.29, 1.82) is 0 Å².